The van der Waals surface area contributed by atoms with E-state index >= 15 is 0 Å². The Kier molecular flexibility index (Phi) is 5.94. The van der Waals surface area contributed by atoms with E-state index in [0.717, 1.165) is 24.9 Å². The number of carbonyl (C=O) groups is 1. The third-order valence-corrected chi connectivity index (χ3v) is 6.16. The van der Waals surface area contributed by atoms with E-state index in [4.69, 9.17) is 4.74 Å². The molecule has 0 radical (unpaired) electrons. The molecule has 0 unspecified atom stereocenters. The Morgan fingerprint density at radius 3 is 2.52 bits per heavy atom. The zero-order valence-corrected chi connectivity index (χ0v) is 16.3. The maximum Gasteiger partial charge on any atom is 0.255 e. The topological polar surface area (TPSA) is 84.5 Å². The van der Waals surface area contributed by atoms with Gasteiger partial charge in [0.1, 0.15) is 0 Å². The lowest BCUT2D eigenvalue weighted by Crippen LogP contribution is -2.35. The molecule has 1 aliphatic rings. The highest BCUT2D eigenvalue weighted by Gasteiger charge is 2.18. The van der Waals surface area contributed by atoms with Gasteiger partial charge in [0.05, 0.1) is 11.5 Å². The van der Waals surface area contributed by atoms with Crippen LogP contribution in [-0.2, 0) is 27.6 Å². The van der Waals surface area contributed by atoms with Crippen molar-refractivity contribution in [2.45, 2.75) is 37.1 Å². The van der Waals surface area contributed by atoms with Crippen LogP contribution in [0, 0.1) is 0 Å². The van der Waals surface area contributed by atoms with Gasteiger partial charge in [0.15, 0.2) is 0 Å². The highest BCUT2D eigenvalue weighted by atomic mass is 32.2. The van der Waals surface area contributed by atoms with Crippen molar-refractivity contribution in [1.29, 1.82) is 0 Å². The number of amides is 1. The highest BCUT2D eigenvalue weighted by molar-refractivity contribution is 7.89. The summed E-state index contributed by atoms with van der Waals surface area (Å²) >= 11 is 0. The molecule has 1 atom stereocenters. The summed E-state index contributed by atoms with van der Waals surface area (Å²) in [5.41, 5.74) is 3.79. The average Bonchev–Trinajstić information content (AvgIpc) is 3.09. The Labute approximate surface area is 160 Å². The van der Waals surface area contributed by atoms with E-state index in [1.165, 1.54) is 42.5 Å². The number of benzene rings is 2. The quantitative estimate of drug-likeness (QED) is 0.764. The number of hydrogen-bond acceptors (Lipinski definition) is 4. The molecule has 0 aliphatic heterocycles. The van der Waals surface area contributed by atoms with Gasteiger partial charge < -0.3 is 10.1 Å². The van der Waals surface area contributed by atoms with Crippen LogP contribution in [0.15, 0.2) is 47.4 Å². The van der Waals surface area contributed by atoms with Gasteiger partial charge in [-0.2, -0.15) is 0 Å². The summed E-state index contributed by atoms with van der Waals surface area (Å²) in [7, 11) is -2.14. The number of sulfonamides is 1. The normalized spacial score (nSPS) is 14.6. The van der Waals surface area contributed by atoms with Gasteiger partial charge in [-0.1, -0.05) is 6.07 Å². The van der Waals surface area contributed by atoms with Gasteiger partial charge in [0, 0.05) is 24.4 Å². The van der Waals surface area contributed by atoms with Crippen molar-refractivity contribution in [2.24, 2.45) is 0 Å². The van der Waals surface area contributed by atoms with Gasteiger partial charge in [-0.25, -0.2) is 13.1 Å². The summed E-state index contributed by atoms with van der Waals surface area (Å²) in [4.78, 5) is 12.6. The smallest absolute Gasteiger partial charge is 0.255 e. The van der Waals surface area contributed by atoms with E-state index in [1.54, 1.807) is 6.92 Å². The molecule has 2 N–H and O–H groups in total. The Bertz CT molecular complexity index is 923. The lowest BCUT2D eigenvalue weighted by molar-refractivity contribution is 0.102. The predicted molar refractivity (Wildman–Crippen MR) is 105 cm³/mol. The van der Waals surface area contributed by atoms with E-state index in [-0.39, 0.29) is 23.5 Å². The average molecular weight is 388 g/mol. The van der Waals surface area contributed by atoms with Gasteiger partial charge in [0.25, 0.3) is 5.91 Å². The number of hydrogen-bond donors (Lipinski definition) is 2. The zero-order chi connectivity index (χ0) is 19.4. The molecule has 0 saturated carbocycles. The lowest BCUT2D eigenvalue weighted by atomic mass is 10.1. The van der Waals surface area contributed by atoms with Crippen molar-refractivity contribution in [3.8, 4) is 0 Å². The molecule has 144 valence electrons. The van der Waals surface area contributed by atoms with E-state index in [1.807, 2.05) is 12.1 Å². The minimum absolute atomic E-state index is 0.111. The molecule has 3 rings (SSSR count). The molecule has 6 nitrogen and oxygen atoms in total. The Morgan fingerprint density at radius 2 is 1.81 bits per heavy atom. The van der Waals surface area contributed by atoms with Crippen LogP contribution in [-0.4, -0.2) is 34.1 Å². The number of fused-ring (bicyclic) bond motifs is 1. The first-order chi connectivity index (χ1) is 12.9. The number of carbonyl (C=O) groups excluding carboxylic acids is 1. The summed E-state index contributed by atoms with van der Waals surface area (Å²) in [6.45, 7) is 2.00. The molecule has 1 aliphatic carbocycles. The first kappa shape index (κ1) is 19.5. The van der Waals surface area contributed by atoms with Crippen LogP contribution in [0.1, 0.15) is 34.8 Å². The monoisotopic (exact) mass is 388 g/mol. The van der Waals surface area contributed by atoms with Crippen LogP contribution in [0.25, 0.3) is 0 Å². The van der Waals surface area contributed by atoms with E-state index in [0.29, 0.717) is 5.56 Å². The van der Waals surface area contributed by atoms with E-state index < -0.39 is 10.0 Å². The number of aryl methyl sites for hydroxylation is 2. The van der Waals surface area contributed by atoms with Crippen LogP contribution >= 0.6 is 0 Å². The van der Waals surface area contributed by atoms with Gasteiger partial charge >= 0.3 is 0 Å². The molecule has 0 spiro atoms. The molecule has 0 heterocycles. The number of nitrogens with one attached hydrogen (secondary N) is 2. The Balaban J connectivity index is 1.68. The Hall–Kier alpha value is -2.22. The van der Waals surface area contributed by atoms with Crippen molar-refractivity contribution >= 4 is 21.6 Å². The fourth-order valence-corrected chi connectivity index (χ4v) is 4.48. The molecule has 0 fully saturated rings. The van der Waals surface area contributed by atoms with E-state index in [2.05, 4.69) is 16.1 Å². The fraction of sp³-hybridized carbons (Fsp3) is 0.350. The predicted octanol–water partition coefficient (Wildman–Crippen LogP) is 2.74. The molecule has 0 aromatic heterocycles. The van der Waals surface area contributed by atoms with Crippen LogP contribution in [0.4, 0.5) is 5.69 Å². The molecule has 0 saturated heterocycles. The minimum Gasteiger partial charge on any atom is -0.383 e. The largest absolute Gasteiger partial charge is 0.383 e. The molecular weight excluding hydrogens is 364 g/mol. The highest BCUT2D eigenvalue weighted by Crippen LogP contribution is 2.25. The number of methoxy groups -OCH3 is 1. The third-order valence-electron chi connectivity index (χ3n) is 4.56. The molecule has 0 bridgehead atoms. The van der Waals surface area contributed by atoms with Crippen molar-refractivity contribution in [3.63, 3.8) is 0 Å². The van der Waals surface area contributed by atoms with Gasteiger partial charge in [-0.3, -0.25) is 4.79 Å². The summed E-state index contributed by atoms with van der Waals surface area (Å²) in [6.07, 6.45) is 3.29. The van der Waals surface area contributed by atoms with Crippen molar-refractivity contribution in [1.82, 2.24) is 4.72 Å². The third kappa shape index (κ3) is 4.74. The second-order valence-corrected chi connectivity index (χ2v) is 8.51. The van der Waals surface area contributed by atoms with Crippen LogP contribution < -0.4 is 10.0 Å². The first-order valence-electron chi connectivity index (χ1n) is 8.93. The molecule has 7 heteroatoms. The second-order valence-electron chi connectivity index (χ2n) is 6.79. The fourth-order valence-electron chi connectivity index (χ4n) is 3.26. The number of rotatable bonds is 7. The summed E-state index contributed by atoms with van der Waals surface area (Å²) in [5, 5.41) is 2.87. The number of anilines is 1. The SMILES string of the molecule is COC[C@@H](C)NS(=O)(=O)c1ccc(C(=O)Nc2ccc3c(c2)CCC3)cc1. The zero-order valence-electron chi connectivity index (χ0n) is 15.5. The molecule has 2 aromatic rings. The maximum atomic E-state index is 12.4. The van der Waals surface area contributed by atoms with Crippen molar-refractivity contribution in [2.75, 3.05) is 19.0 Å². The van der Waals surface area contributed by atoms with Crippen molar-refractivity contribution in [3.05, 3.63) is 59.2 Å². The lowest BCUT2D eigenvalue weighted by Gasteiger charge is -2.13. The first-order valence-corrected chi connectivity index (χ1v) is 10.4. The minimum atomic E-state index is -3.65. The van der Waals surface area contributed by atoms with E-state index in [9.17, 15) is 13.2 Å². The summed E-state index contributed by atoms with van der Waals surface area (Å²) in [5.74, 6) is -0.266. The molecule has 2 aromatic carbocycles. The standard InChI is InChI=1S/C20H24N2O4S/c1-14(13-26-2)22-27(24,25)19-10-7-16(8-11-19)20(23)21-18-9-6-15-4-3-5-17(15)12-18/h6-12,14,22H,3-5,13H2,1-2H3,(H,21,23)/t14-/m1/s1. The van der Waals surface area contributed by atoms with Gasteiger partial charge in [-0.15, -0.1) is 0 Å². The molecule has 27 heavy (non-hydrogen) atoms. The molecular formula is C20H24N2O4S. The Morgan fingerprint density at radius 1 is 1.11 bits per heavy atom. The van der Waals surface area contributed by atoms with Gasteiger partial charge in [-0.05, 0) is 73.7 Å². The van der Waals surface area contributed by atoms with Crippen LogP contribution in [0.2, 0.25) is 0 Å². The summed E-state index contributed by atoms with van der Waals surface area (Å²) < 4.78 is 32.1. The maximum absolute atomic E-state index is 12.4. The summed E-state index contributed by atoms with van der Waals surface area (Å²) in [6, 6.07) is 11.5. The molecule has 1 amide bonds. The van der Waals surface area contributed by atoms with Gasteiger partial charge in [0.2, 0.25) is 10.0 Å². The van der Waals surface area contributed by atoms with Crippen LogP contribution in [0.5, 0.6) is 0 Å². The number of ether oxygens (including phenoxy) is 1. The van der Waals surface area contributed by atoms with Crippen molar-refractivity contribution < 1.29 is 17.9 Å². The second kappa shape index (κ2) is 8.21. The van der Waals surface area contributed by atoms with Crippen LogP contribution in [0.3, 0.4) is 0 Å².